The highest BCUT2D eigenvalue weighted by atomic mass is 31.2. The van der Waals surface area contributed by atoms with E-state index >= 15 is 0 Å². The molecule has 0 rings (SSSR count). The van der Waals surface area contributed by atoms with Crippen LogP contribution in [0, 0.1) is 0 Å². The average Bonchev–Trinajstić information content (AvgIpc) is 1.98. The number of nitrogens with two attached hydrogens (primary N) is 1. The van der Waals surface area contributed by atoms with Gasteiger partial charge in [0.2, 0.25) is 5.96 Å². The molecule has 0 spiro atoms. The fourth-order valence-corrected chi connectivity index (χ4v) is 0.976. The van der Waals surface area contributed by atoms with Crippen molar-refractivity contribution in [3.63, 3.8) is 0 Å². The number of nitrogens with zero attached hydrogens (tertiary/aromatic N) is 2. The van der Waals surface area contributed by atoms with Crippen LogP contribution in [0.1, 0.15) is 6.92 Å². The van der Waals surface area contributed by atoms with Crippen molar-refractivity contribution < 1.29 is 24.3 Å². The van der Waals surface area contributed by atoms with Crippen LogP contribution in [0.25, 0.3) is 0 Å². The number of hydrogen-bond acceptors (Lipinski definition) is 2. The van der Waals surface area contributed by atoms with Gasteiger partial charge in [-0.1, -0.05) is 0 Å². The van der Waals surface area contributed by atoms with Gasteiger partial charge in [0.25, 0.3) is 0 Å². The smallest absolute Gasteiger partial charge is 0.451 e. The van der Waals surface area contributed by atoms with Crippen LogP contribution in [0.2, 0.25) is 0 Å². The van der Waals surface area contributed by atoms with Crippen molar-refractivity contribution >= 4 is 19.7 Å². The van der Waals surface area contributed by atoms with Crippen molar-refractivity contribution in [2.45, 2.75) is 13.0 Å². The Morgan fingerprint density at radius 1 is 1.57 bits per heavy atom. The first kappa shape index (κ1) is 12.9. The Hall–Kier alpha value is -1.11. The Morgan fingerprint density at radius 2 is 2.00 bits per heavy atom. The highest BCUT2D eigenvalue weighted by Gasteiger charge is 2.21. The lowest BCUT2D eigenvalue weighted by atomic mass is 10.3. The number of carbonyl (C=O) groups is 1. The number of likely N-dealkylation sites (N-methyl/N-ethyl adjacent to an activating group) is 1. The molecule has 0 saturated carbocycles. The Balaban J connectivity index is 4.71. The fourth-order valence-electron chi connectivity index (χ4n) is 0.568. The van der Waals surface area contributed by atoms with E-state index in [4.69, 9.17) is 20.6 Å². The maximum absolute atomic E-state index is 10.5. The quantitative estimate of drug-likeness (QED) is 0.269. The monoisotopic (exact) mass is 225 g/mol. The molecular formula is C5H12N3O5P. The van der Waals surface area contributed by atoms with E-state index in [1.54, 1.807) is 0 Å². The predicted molar refractivity (Wildman–Crippen MR) is 48.5 cm³/mol. The number of carboxylic acids is 1. The van der Waals surface area contributed by atoms with Crippen LogP contribution in [0.5, 0.6) is 0 Å². The largest absolute Gasteiger partial charge is 0.480 e. The van der Waals surface area contributed by atoms with E-state index in [0.717, 1.165) is 4.90 Å². The maximum Gasteiger partial charge on any atom is 0.451 e. The molecule has 9 heteroatoms. The lowest BCUT2D eigenvalue weighted by Gasteiger charge is -2.21. The molecule has 0 amide bonds. The van der Waals surface area contributed by atoms with E-state index in [1.807, 2.05) is 0 Å². The number of rotatable bonds is 3. The minimum atomic E-state index is -4.62. The van der Waals surface area contributed by atoms with Crippen LogP contribution in [0.15, 0.2) is 4.76 Å². The van der Waals surface area contributed by atoms with Gasteiger partial charge < -0.3 is 25.5 Å². The Bertz CT molecular complexity index is 298. The normalized spacial score (nSPS) is 15.0. The van der Waals surface area contributed by atoms with Crippen LogP contribution in [-0.4, -0.2) is 44.8 Å². The van der Waals surface area contributed by atoms with E-state index < -0.39 is 25.7 Å². The first-order valence-corrected chi connectivity index (χ1v) is 5.08. The zero-order valence-corrected chi connectivity index (χ0v) is 8.55. The van der Waals surface area contributed by atoms with Gasteiger partial charge in [-0.15, -0.1) is 4.76 Å². The molecule has 0 heterocycles. The topological polar surface area (TPSA) is 136 Å². The molecule has 0 fully saturated rings. The Labute approximate surface area is 80.3 Å². The summed E-state index contributed by atoms with van der Waals surface area (Å²) in [6.45, 7) is 1.31. The second-order valence-electron chi connectivity index (χ2n) is 2.60. The van der Waals surface area contributed by atoms with Crippen molar-refractivity contribution in [1.82, 2.24) is 4.90 Å². The first-order valence-electron chi connectivity index (χ1n) is 3.52. The van der Waals surface area contributed by atoms with Crippen molar-refractivity contribution in [2.75, 3.05) is 7.05 Å². The van der Waals surface area contributed by atoms with Gasteiger partial charge in [0.1, 0.15) is 6.04 Å². The van der Waals surface area contributed by atoms with Gasteiger partial charge in [0.15, 0.2) is 0 Å². The van der Waals surface area contributed by atoms with E-state index in [2.05, 4.69) is 4.76 Å². The van der Waals surface area contributed by atoms with Crippen LogP contribution in [0.4, 0.5) is 0 Å². The van der Waals surface area contributed by atoms with Crippen LogP contribution in [0.3, 0.4) is 0 Å². The average molecular weight is 225 g/mol. The van der Waals surface area contributed by atoms with Crippen LogP contribution in [-0.2, 0) is 9.36 Å². The number of aliphatic carboxylic acids is 1. The molecule has 5 N–H and O–H groups in total. The Morgan fingerprint density at radius 3 is 2.29 bits per heavy atom. The molecule has 14 heavy (non-hydrogen) atoms. The summed E-state index contributed by atoms with van der Waals surface area (Å²) in [5.74, 6) is -1.69. The van der Waals surface area contributed by atoms with Crippen LogP contribution >= 0.6 is 7.75 Å². The molecule has 0 unspecified atom stereocenters. The van der Waals surface area contributed by atoms with Gasteiger partial charge in [-0.2, -0.15) is 0 Å². The fraction of sp³-hybridized carbons (Fsp3) is 0.600. The SMILES string of the molecule is C[C@H](C(=O)O)N(C)/C(N)=N/P(=O)(O)O. The standard InChI is InChI=1S/C5H12N3O5P/c1-3(4(9)10)8(2)5(6)7-14(11,12)13/h3H,1-2H3,(H,9,10)(H4,6,7,11,12,13)/t3-/m1/s1. The summed E-state index contributed by atoms with van der Waals surface area (Å²) in [4.78, 5) is 28.3. The number of guanidine groups is 1. The molecule has 82 valence electrons. The first-order chi connectivity index (χ1) is 6.15. The molecule has 0 aromatic heterocycles. The third-order valence-corrected chi connectivity index (χ3v) is 2.00. The van der Waals surface area contributed by atoms with E-state index in [0.29, 0.717) is 0 Å². The number of carboxylic acid groups (broad SMARTS) is 1. The maximum atomic E-state index is 10.5. The molecule has 8 nitrogen and oxygen atoms in total. The molecule has 0 radical (unpaired) electrons. The third kappa shape index (κ3) is 4.22. The molecular weight excluding hydrogens is 213 g/mol. The molecule has 0 aromatic carbocycles. The van der Waals surface area contributed by atoms with Gasteiger partial charge >= 0.3 is 13.7 Å². The number of hydrogen-bond donors (Lipinski definition) is 4. The second-order valence-corrected chi connectivity index (χ2v) is 3.82. The highest BCUT2D eigenvalue weighted by molar-refractivity contribution is 7.50. The second kappa shape index (κ2) is 4.41. The lowest BCUT2D eigenvalue weighted by Crippen LogP contribution is -2.44. The predicted octanol–water partition coefficient (Wildman–Crippen LogP) is -1.20. The van der Waals surface area contributed by atoms with Crippen LogP contribution < -0.4 is 5.73 Å². The molecule has 0 saturated heterocycles. The lowest BCUT2D eigenvalue weighted by molar-refractivity contribution is -0.140. The summed E-state index contributed by atoms with van der Waals surface area (Å²) >= 11 is 0. The molecule has 0 aliphatic rings. The van der Waals surface area contributed by atoms with E-state index in [9.17, 15) is 9.36 Å². The molecule has 0 aromatic rings. The minimum absolute atomic E-state index is 0.520. The Kier molecular flexibility index (Phi) is 4.06. The summed E-state index contributed by atoms with van der Waals surface area (Å²) in [7, 11) is -3.35. The van der Waals surface area contributed by atoms with Crippen molar-refractivity contribution in [2.24, 2.45) is 10.5 Å². The molecule has 0 aliphatic heterocycles. The molecule has 1 atom stereocenters. The van der Waals surface area contributed by atoms with Crippen molar-refractivity contribution in [1.29, 1.82) is 0 Å². The van der Waals surface area contributed by atoms with Gasteiger partial charge in [0.05, 0.1) is 0 Å². The van der Waals surface area contributed by atoms with E-state index in [-0.39, 0.29) is 0 Å². The summed E-state index contributed by atoms with van der Waals surface area (Å²) in [6, 6.07) is -1.01. The molecule has 0 aliphatic carbocycles. The minimum Gasteiger partial charge on any atom is -0.480 e. The highest BCUT2D eigenvalue weighted by Crippen LogP contribution is 2.36. The van der Waals surface area contributed by atoms with Gasteiger partial charge in [-0.05, 0) is 6.92 Å². The summed E-state index contributed by atoms with van der Waals surface area (Å²) in [5, 5.41) is 8.55. The van der Waals surface area contributed by atoms with Gasteiger partial charge in [-0.25, -0.2) is 9.36 Å². The summed E-state index contributed by atoms with van der Waals surface area (Å²) < 4.78 is 13.2. The van der Waals surface area contributed by atoms with E-state index in [1.165, 1.54) is 14.0 Å². The molecule has 0 bridgehead atoms. The summed E-state index contributed by atoms with van der Waals surface area (Å²) in [5.41, 5.74) is 5.16. The van der Waals surface area contributed by atoms with Crippen molar-refractivity contribution in [3.8, 4) is 0 Å². The van der Waals surface area contributed by atoms with Gasteiger partial charge in [0, 0.05) is 7.05 Å². The van der Waals surface area contributed by atoms with Gasteiger partial charge in [-0.3, -0.25) is 0 Å². The zero-order valence-electron chi connectivity index (χ0n) is 7.65. The van der Waals surface area contributed by atoms with Crippen molar-refractivity contribution in [3.05, 3.63) is 0 Å². The third-order valence-electron chi connectivity index (χ3n) is 1.53. The summed E-state index contributed by atoms with van der Waals surface area (Å²) in [6.07, 6.45) is 0. The zero-order chi connectivity index (χ0) is 11.5.